The maximum atomic E-state index is 12.2. The molecule has 1 aliphatic rings. The largest absolute Gasteiger partial charge is 0.349 e. The molecule has 0 saturated carbocycles. The monoisotopic (exact) mass is 258 g/mol. The van der Waals surface area contributed by atoms with Gasteiger partial charge in [-0.1, -0.05) is 0 Å². The molecule has 1 aliphatic heterocycles. The Morgan fingerprint density at radius 1 is 1.37 bits per heavy atom. The molecule has 1 amide bonds. The highest BCUT2D eigenvalue weighted by atomic mass is 16.1. The predicted octanol–water partition coefficient (Wildman–Crippen LogP) is 1.16. The fourth-order valence-corrected chi connectivity index (χ4v) is 2.48. The summed E-state index contributed by atoms with van der Waals surface area (Å²) in [5.41, 5.74) is 1.54. The molecule has 19 heavy (non-hydrogen) atoms. The first-order valence-electron chi connectivity index (χ1n) is 6.64. The van der Waals surface area contributed by atoms with Crippen LogP contribution in [-0.4, -0.2) is 46.4 Å². The van der Waals surface area contributed by atoms with Gasteiger partial charge < -0.3 is 14.6 Å². The maximum Gasteiger partial charge on any atom is 0.252 e. The first-order chi connectivity index (χ1) is 9.22. The van der Waals surface area contributed by atoms with E-state index in [1.807, 2.05) is 28.9 Å². The fourth-order valence-electron chi connectivity index (χ4n) is 2.48. The molecule has 5 nitrogen and oxygen atoms in total. The van der Waals surface area contributed by atoms with Gasteiger partial charge in [0.05, 0.1) is 5.56 Å². The number of carbonyl (C=O) groups is 1. The second kappa shape index (κ2) is 5.01. The Morgan fingerprint density at radius 2 is 2.16 bits per heavy atom. The van der Waals surface area contributed by atoms with Crippen LogP contribution in [0.2, 0.25) is 0 Å². The lowest BCUT2D eigenvalue weighted by Gasteiger charge is -2.29. The van der Waals surface area contributed by atoms with Gasteiger partial charge in [0, 0.05) is 24.6 Å². The van der Waals surface area contributed by atoms with Crippen molar-refractivity contribution in [3.8, 4) is 0 Å². The highest BCUT2D eigenvalue weighted by molar-refractivity contribution is 5.94. The third kappa shape index (κ3) is 2.61. The topological polar surface area (TPSA) is 49.6 Å². The summed E-state index contributed by atoms with van der Waals surface area (Å²) in [6, 6.07) is 3.98. The van der Waals surface area contributed by atoms with E-state index in [0.29, 0.717) is 11.6 Å². The molecule has 100 valence electrons. The molecule has 1 saturated heterocycles. The van der Waals surface area contributed by atoms with Crippen molar-refractivity contribution < 1.29 is 4.79 Å². The zero-order chi connectivity index (χ0) is 13.2. The van der Waals surface area contributed by atoms with Crippen molar-refractivity contribution in [2.24, 2.45) is 0 Å². The summed E-state index contributed by atoms with van der Waals surface area (Å²) >= 11 is 0. The number of amides is 1. The van der Waals surface area contributed by atoms with E-state index in [1.54, 1.807) is 6.20 Å². The quantitative estimate of drug-likeness (QED) is 0.879. The smallest absolute Gasteiger partial charge is 0.252 e. The standard InChI is InChI=1S/C14H18N4O/c1-17-7-4-12(5-8-17)16-14(19)11-2-3-13-15-6-9-18(13)10-11/h2-3,6,9-10,12H,4-5,7-8H2,1H3,(H,16,19). The number of likely N-dealkylation sites (tertiary alicyclic amines) is 1. The van der Waals surface area contributed by atoms with Crippen molar-refractivity contribution in [2.45, 2.75) is 18.9 Å². The highest BCUT2D eigenvalue weighted by Gasteiger charge is 2.19. The summed E-state index contributed by atoms with van der Waals surface area (Å²) in [4.78, 5) is 18.7. The number of hydrogen-bond donors (Lipinski definition) is 1. The lowest BCUT2D eigenvalue weighted by atomic mass is 10.1. The molecule has 1 N–H and O–H groups in total. The molecule has 0 unspecified atom stereocenters. The van der Waals surface area contributed by atoms with Crippen LogP contribution in [0.15, 0.2) is 30.7 Å². The van der Waals surface area contributed by atoms with Gasteiger partial charge in [0.1, 0.15) is 5.65 Å². The highest BCUT2D eigenvalue weighted by Crippen LogP contribution is 2.10. The van der Waals surface area contributed by atoms with E-state index in [-0.39, 0.29) is 5.91 Å². The van der Waals surface area contributed by atoms with Crippen molar-refractivity contribution >= 4 is 11.6 Å². The third-order valence-electron chi connectivity index (χ3n) is 3.70. The number of fused-ring (bicyclic) bond motifs is 1. The molecule has 0 atom stereocenters. The van der Waals surface area contributed by atoms with Crippen LogP contribution in [0.3, 0.4) is 0 Å². The van der Waals surface area contributed by atoms with Crippen LogP contribution in [0.1, 0.15) is 23.2 Å². The minimum absolute atomic E-state index is 0.00477. The predicted molar refractivity (Wildman–Crippen MR) is 73.2 cm³/mol. The second-order valence-corrected chi connectivity index (χ2v) is 5.16. The first kappa shape index (κ1) is 12.2. The van der Waals surface area contributed by atoms with Crippen molar-refractivity contribution in [3.05, 3.63) is 36.3 Å². The van der Waals surface area contributed by atoms with E-state index < -0.39 is 0 Å². The fraction of sp³-hybridized carbons (Fsp3) is 0.429. The van der Waals surface area contributed by atoms with Crippen LogP contribution >= 0.6 is 0 Å². The SMILES string of the molecule is CN1CCC(NC(=O)c2ccc3nccn3c2)CC1. The molecular weight excluding hydrogens is 240 g/mol. The van der Waals surface area contributed by atoms with Gasteiger partial charge in [0.25, 0.3) is 5.91 Å². The van der Waals surface area contributed by atoms with Crippen LogP contribution in [0.4, 0.5) is 0 Å². The van der Waals surface area contributed by atoms with Crippen molar-refractivity contribution in [1.29, 1.82) is 0 Å². The van der Waals surface area contributed by atoms with E-state index >= 15 is 0 Å². The minimum atomic E-state index is 0.00477. The molecule has 3 heterocycles. The molecule has 1 fully saturated rings. The van der Waals surface area contributed by atoms with Gasteiger partial charge in [-0.25, -0.2) is 4.98 Å². The molecule has 2 aromatic heterocycles. The molecule has 0 bridgehead atoms. The van der Waals surface area contributed by atoms with Gasteiger partial charge >= 0.3 is 0 Å². The summed E-state index contributed by atoms with van der Waals surface area (Å²) in [6.45, 7) is 2.09. The van der Waals surface area contributed by atoms with Gasteiger partial charge in [0.2, 0.25) is 0 Å². The van der Waals surface area contributed by atoms with Crippen LogP contribution in [-0.2, 0) is 0 Å². The van der Waals surface area contributed by atoms with Crippen molar-refractivity contribution in [3.63, 3.8) is 0 Å². The molecular formula is C14H18N4O. The van der Waals surface area contributed by atoms with E-state index in [2.05, 4.69) is 22.2 Å². The number of nitrogens with zero attached hydrogens (tertiary/aromatic N) is 3. The van der Waals surface area contributed by atoms with Crippen molar-refractivity contribution in [1.82, 2.24) is 19.6 Å². The van der Waals surface area contributed by atoms with E-state index in [9.17, 15) is 4.79 Å². The average Bonchev–Trinajstić information content (AvgIpc) is 2.88. The Morgan fingerprint density at radius 3 is 2.95 bits per heavy atom. The number of aromatic nitrogens is 2. The molecule has 0 radical (unpaired) electrons. The number of piperidine rings is 1. The first-order valence-corrected chi connectivity index (χ1v) is 6.64. The summed E-state index contributed by atoms with van der Waals surface area (Å²) in [6.07, 6.45) is 7.45. The van der Waals surface area contributed by atoms with Crippen LogP contribution in [0.25, 0.3) is 5.65 Å². The zero-order valence-electron chi connectivity index (χ0n) is 11.0. The van der Waals surface area contributed by atoms with Gasteiger partial charge in [0.15, 0.2) is 0 Å². The van der Waals surface area contributed by atoms with E-state index in [4.69, 9.17) is 0 Å². The van der Waals surface area contributed by atoms with Crippen molar-refractivity contribution in [2.75, 3.05) is 20.1 Å². The number of rotatable bonds is 2. The second-order valence-electron chi connectivity index (χ2n) is 5.16. The Kier molecular flexibility index (Phi) is 3.21. The summed E-state index contributed by atoms with van der Waals surface area (Å²) in [5, 5.41) is 3.11. The Balaban J connectivity index is 1.69. The minimum Gasteiger partial charge on any atom is -0.349 e. The van der Waals surface area contributed by atoms with Crippen LogP contribution < -0.4 is 5.32 Å². The molecule has 0 aliphatic carbocycles. The Bertz CT molecular complexity index is 584. The van der Waals surface area contributed by atoms with Crippen LogP contribution in [0, 0.1) is 0 Å². The molecule has 5 heteroatoms. The maximum absolute atomic E-state index is 12.2. The zero-order valence-corrected chi connectivity index (χ0v) is 11.0. The van der Waals surface area contributed by atoms with Crippen LogP contribution in [0.5, 0.6) is 0 Å². The van der Waals surface area contributed by atoms with Gasteiger partial charge in [-0.05, 0) is 45.1 Å². The Labute approximate surface area is 112 Å². The number of carbonyl (C=O) groups excluding carboxylic acids is 1. The normalized spacial score (nSPS) is 17.7. The number of imidazole rings is 1. The average molecular weight is 258 g/mol. The summed E-state index contributed by atoms with van der Waals surface area (Å²) in [5.74, 6) is 0.00477. The number of pyridine rings is 1. The Hall–Kier alpha value is -1.88. The van der Waals surface area contributed by atoms with E-state index in [0.717, 1.165) is 31.6 Å². The molecule has 0 aromatic carbocycles. The van der Waals surface area contributed by atoms with Gasteiger partial charge in [-0.15, -0.1) is 0 Å². The molecule has 0 spiro atoms. The molecule has 3 rings (SSSR count). The van der Waals surface area contributed by atoms with Gasteiger partial charge in [-0.2, -0.15) is 0 Å². The lowest BCUT2D eigenvalue weighted by molar-refractivity contribution is 0.0916. The summed E-state index contributed by atoms with van der Waals surface area (Å²) < 4.78 is 1.86. The lowest BCUT2D eigenvalue weighted by Crippen LogP contribution is -2.43. The van der Waals surface area contributed by atoms with E-state index in [1.165, 1.54) is 0 Å². The number of nitrogens with one attached hydrogen (secondary N) is 1. The molecule has 2 aromatic rings. The van der Waals surface area contributed by atoms with Gasteiger partial charge in [-0.3, -0.25) is 4.79 Å². The third-order valence-corrected chi connectivity index (χ3v) is 3.70. The summed E-state index contributed by atoms with van der Waals surface area (Å²) in [7, 11) is 2.12. The number of hydrogen-bond acceptors (Lipinski definition) is 3.